The molecule has 0 atom stereocenters. The van der Waals surface area contributed by atoms with Crippen molar-refractivity contribution in [3.8, 4) is 11.5 Å². The lowest BCUT2D eigenvalue weighted by atomic mass is 9.94. The van der Waals surface area contributed by atoms with E-state index in [0.717, 1.165) is 5.56 Å². The monoisotopic (exact) mass is 317 g/mol. The highest BCUT2D eigenvalue weighted by Gasteiger charge is 2.18. The Bertz CT molecular complexity index is 569. The van der Waals surface area contributed by atoms with Crippen molar-refractivity contribution >= 4 is 10.1 Å². The Morgan fingerprint density at radius 1 is 1.29 bits per heavy atom. The van der Waals surface area contributed by atoms with E-state index in [1.807, 2.05) is 19.9 Å². The molecule has 0 heterocycles. The van der Waals surface area contributed by atoms with E-state index >= 15 is 0 Å². The van der Waals surface area contributed by atoms with Crippen molar-refractivity contribution in [1.29, 1.82) is 0 Å². The van der Waals surface area contributed by atoms with Crippen LogP contribution < -0.4 is 10.1 Å². The van der Waals surface area contributed by atoms with Gasteiger partial charge >= 0.3 is 0 Å². The average molecular weight is 317 g/mol. The molecular formula is C14H23NO5S. The van der Waals surface area contributed by atoms with E-state index in [1.165, 1.54) is 13.2 Å². The molecule has 0 saturated heterocycles. The van der Waals surface area contributed by atoms with Crippen LogP contribution in [0, 0.1) is 0 Å². The van der Waals surface area contributed by atoms with Gasteiger partial charge in [0, 0.05) is 11.6 Å². The Hall–Kier alpha value is -1.31. The minimum atomic E-state index is -3.90. The largest absolute Gasteiger partial charge is 0.508 e. The van der Waals surface area contributed by atoms with Crippen LogP contribution in [0.3, 0.4) is 0 Å². The van der Waals surface area contributed by atoms with Gasteiger partial charge in [-0.25, -0.2) is 0 Å². The highest BCUT2D eigenvalue weighted by molar-refractivity contribution is 7.85. The van der Waals surface area contributed by atoms with Gasteiger partial charge in [0.2, 0.25) is 0 Å². The zero-order chi connectivity index (χ0) is 16.1. The smallest absolute Gasteiger partial charge is 0.264 e. The van der Waals surface area contributed by atoms with Crippen molar-refractivity contribution in [2.45, 2.75) is 32.2 Å². The summed E-state index contributed by atoms with van der Waals surface area (Å²) in [6, 6.07) is 5.06. The van der Waals surface area contributed by atoms with Crippen molar-refractivity contribution in [1.82, 2.24) is 5.32 Å². The molecule has 1 rings (SSSR count). The lowest BCUT2D eigenvalue weighted by Crippen LogP contribution is -2.42. The number of phenolic OH excluding ortho intramolecular Hbond substituents is 1. The van der Waals surface area contributed by atoms with Crippen molar-refractivity contribution in [2.75, 3.05) is 19.4 Å². The third kappa shape index (κ3) is 7.31. The summed E-state index contributed by atoms with van der Waals surface area (Å²) < 4.78 is 35.1. The number of benzene rings is 1. The molecule has 0 radical (unpaired) electrons. The number of phenols is 1. The minimum Gasteiger partial charge on any atom is -0.508 e. The molecule has 120 valence electrons. The average Bonchev–Trinajstić information content (AvgIpc) is 2.32. The Labute approximate surface area is 125 Å². The standard InChI is InChI=1S/C14H23NO5S/c1-14(2,15-5-4-6-21(17,18)19)10-11-7-12(16)9-13(8-11)20-3/h7-9,15-16H,4-6,10H2,1-3H3,(H,17,18,19). The summed E-state index contributed by atoms with van der Waals surface area (Å²) in [4.78, 5) is 0. The van der Waals surface area contributed by atoms with Crippen LogP contribution in [0.25, 0.3) is 0 Å². The fourth-order valence-corrected chi connectivity index (χ4v) is 2.63. The minimum absolute atomic E-state index is 0.145. The van der Waals surface area contributed by atoms with Gasteiger partial charge in [-0.2, -0.15) is 8.42 Å². The summed E-state index contributed by atoms with van der Waals surface area (Å²) in [7, 11) is -2.37. The maximum absolute atomic E-state index is 10.6. The Morgan fingerprint density at radius 3 is 2.52 bits per heavy atom. The molecule has 6 nitrogen and oxygen atoms in total. The summed E-state index contributed by atoms with van der Waals surface area (Å²) in [5.74, 6) is 0.481. The Morgan fingerprint density at radius 2 is 1.95 bits per heavy atom. The summed E-state index contributed by atoms with van der Waals surface area (Å²) in [5, 5.41) is 12.9. The number of aromatic hydroxyl groups is 1. The van der Waals surface area contributed by atoms with Crippen LogP contribution in [0.1, 0.15) is 25.8 Å². The van der Waals surface area contributed by atoms with Gasteiger partial charge in [0.1, 0.15) is 11.5 Å². The fraction of sp³-hybridized carbons (Fsp3) is 0.571. The molecule has 7 heteroatoms. The molecule has 1 aromatic carbocycles. The maximum atomic E-state index is 10.6. The maximum Gasteiger partial charge on any atom is 0.264 e. The normalized spacial score (nSPS) is 12.4. The van der Waals surface area contributed by atoms with Crippen LogP contribution in [0.15, 0.2) is 18.2 Å². The number of hydrogen-bond acceptors (Lipinski definition) is 5. The van der Waals surface area contributed by atoms with E-state index in [9.17, 15) is 13.5 Å². The molecule has 0 amide bonds. The van der Waals surface area contributed by atoms with Crippen LogP contribution in [0.5, 0.6) is 11.5 Å². The molecular weight excluding hydrogens is 294 g/mol. The molecule has 0 spiro atoms. The summed E-state index contributed by atoms with van der Waals surface area (Å²) in [6.45, 7) is 4.44. The van der Waals surface area contributed by atoms with Crippen molar-refractivity contribution in [2.24, 2.45) is 0 Å². The van der Waals surface area contributed by atoms with E-state index in [0.29, 0.717) is 25.1 Å². The van der Waals surface area contributed by atoms with Gasteiger partial charge < -0.3 is 15.2 Å². The number of methoxy groups -OCH3 is 1. The van der Waals surface area contributed by atoms with Crippen LogP contribution in [-0.2, 0) is 16.5 Å². The fourth-order valence-electron chi connectivity index (χ4n) is 2.12. The second-order valence-corrected chi connectivity index (χ2v) is 7.24. The molecule has 0 saturated carbocycles. The van der Waals surface area contributed by atoms with Gasteiger partial charge in [-0.15, -0.1) is 0 Å². The van der Waals surface area contributed by atoms with E-state index < -0.39 is 10.1 Å². The first-order chi connectivity index (χ1) is 9.61. The first-order valence-electron chi connectivity index (χ1n) is 6.68. The van der Waals surface area contributed by atoms with E-state index in [-0.39, 0.29) is 17.0 Å². The topological polar surface area (TPSA) is 95.9 Å². The van der Waals surface area contributed by atoms with E-state index in [2.05, 4.69) is 5.32 Å². The first kappa shape index (κ1) is 17.7. The van der Waals surface area contributed by atoms with Gasteiger partial charge in [-0.05, 0) is 50.9 Å². The lowest BCUT2D eigenvalue weighted by molar-refractivity contribution is 0.380. The zero-order valence-corrected chi connectivity index (χ0v) is 13.4. The van der Waals surface area contributed by atoms with Gasteiger partial charge in [0.05, 0.1) is 12.9 Å². The highest BCUT2D eigenvalue weighted by atomic mass is 32.2. The lowest BCUT2D eigenvalue weighted by Gasteiger charge is -2.27. The SMILES string of the molecule is COc1cc(O)cc(CC(C)(C)NCCCS(=O)(=O)O)c1. The van der Waals surface area contributed by atoms with E-state index in [1.54, 1.807) is 6.07 Å². The molecule has 0 aliphatic heterocycles. The summed E-state index contributed by atoms with van der Waals surface area (Å²) >= 11 is 0. The van der Waals surface area contributed by atoms with Gasteiger partial charge in [-0.3, -0.25) is 4.55 Å². The summed E-state index contributed by atoms with van der Waals surface area (Å²) in [6.07, 6.45) is 0.981. The van der Waals surface area contributed by atoms with Gasteiger partial charge in [-0.1, -0.05) is 0 Å². The number of nitrogens with one attached hydrogen (secondary N) is 1. The van der Waals surface area contributed by atoms with Crippen LogP contribution in [0.2, 0.25) is 0 Å². The quantitative estimate of drug-likeness (QED) is 0.498. The van der Waals surface area contributed by atoms with Crippen molar-refractivity contribution < 1.29 is 22.8 Å². The molecule has 0 fully saturated rings. The predicted octanol–water partition coefficient (Wildman–Crippen LogP) is 1.59. The molecule has 0 aliphatic carbocycles. The van der Waals surface area contributed by atoms with Crippen molar-refractivity contribution in [3.05, 3.63) is 23.8 Å². The molecule has 0 aromatic heterocycles. The van der Waals surface area contributed by atoms with Crippen LogP contribution in [0.4, 0.5) is 0 Å². The number of hydrogen-bond donors (Lipinski definition) is 3. The molecule has 0 unspecified atom stereocenters. The highest BCUT2D eigenvalue weighted by Crippen LogP contribution is 2.24. The first-order valence-corrected chi connectivity index (χ1v) is 8.29. The predicted molar refractivity (Wildman–Crippen MR) is 81.5 cm³/mol. The van der Waals surface area contributed by atoms with Gasteiger partial charge in [0.25, 0.3) is 10.1 Å². The van der Waals surface area contributed by atoms with Crippen LogP contribution in [-0.4, -0.2) is 43.0 Å². The molecule has 0 bridgehead atoms. The second-order valence-electron chi connectivity index (χ2n) is 5.67. The summed E-state index contributed by atoms with van der Waals surface area (Å²) in [5.41, 5.74) is 0.636. The molecule has 3 N–H and O–H groups in total. The van der Waals surface area contributed by atoms with Crippen molar-refractivity contribution in [3.63, 3.8) is 0 Å². The Balaban J connectivity index is 2.57. The third-order valence-electron chi connectivity index (χ3n) is 3.02. The zero-order valence-electron chi connectivity index (χ0n) is 12.6. The number of rotatable bonds is 8. The van der Waals surface area contributed by atoms with Crippen LogP contribution >= 0.6 is 0 Å². The Kier molecular flexibility index (Phi) is 6.00. The molecule has 1 aromatic rings. The third-order valence-corrected chi connectivity index (χ3v) is 3.82. The molecule has 0 aliphatic rings. The number of ether oxygens (including phenoxy) is 1. The van der Waals surface area contributed by atoms with Gasteiger partial charge in [0.15, 0.2) is 0 Å². The molecule has 21 heavy (non-hydrogen) atoms. The van der Waals surface area contributed by atoms with E-state index in [4.69, 9.17) is 9.29 Å². The second kappa shape index (κ2) is 7.11.